The number of non-ortho nitro benzene ring substituents is 1. The van der Waals surface area contributed by atoms with E-state index in [4.69, 9.17) is 21.1 Å². The maximum absolute atomic E-state index is 12.7. The molecule has 12 heteroatoms. The van der Waals surface area contributed by atoms with E-state index in [0.717, 1.165) is 4.90 Å². The summed E-state index contributed by atoms with van der Waals surface area (Å²) in [7, 11) is 0. The molecule has 3 amide bonds. The summed E-state index contributed by atoms with van der Waals surface area (Å²) in [6.45, 7) is 0.328. The molecular weight excluding hydrogens is 462 g/mol. The van der Waals surface area contributed by atoms with E-state index in [1.807, 2.05) is 0 Å². The van der Waals surface area contributed by atoms with E-state index >= 15 is 0 Å². The number of imide groups is 1. The quantitative estimate of drug-likeness (QED) is 0.394. The lowest BCUT2D eigenvalue weighted by atomic mass is 10.2. The van der Waals surface area contributed by atoms with Gasteiger partial charge in [-0.25, -0.2) is 0 Å². The average molecular weight is 476 g/mol. The van der Waals surface area contributed by atoms with Crippen LogP contribution in [-0.4, -0.2) is 46.6 Å². The molecule has 1 N–H and O–H groups in total. The van der Waals surface area contributed by atoms with Gasteiger partial charge in [0, 0.05) is 34.5 Å². The first-order valence-electron chi connectivity index (χ1n) is 9.20. The van der Waals surface area contributed by atoms with Crippen LogP contribution in [0.5, 0.6) is 11.5 Å². The summed E-state index contributed by atoms with van der Waals surface area (Å²) in [5.41, 5.74) is 0.427. The number of nitrogens with zero attached hydrogens (tertiary/aromatic N) is 2. The van der Waals surface area contributed by atoms with Gasteiger partial charge < -0.3 is 14.8 Å². The molecule has 0 atom stereocenters. The van der Waals surface area contributed by atoms with Crippen LogP contribution in [0, 0.1) is 10.1 Å². The van der Waals surface area contributed by atoms with Crippen molar-refractivity contribution < 1.29 is 28.8 Å². The molecule has 10 nitrogen and oxygen atoms in total. The summed E-state index contributed by atoms with van der Waals surface area (Å²) in [5, 5.41) is 13.1. The topological polar surface area (TPSA) is 128 Å². The Kier molecular flexibility index (Phi) is 6.01. The number of ether oxygens (including phenoxy) is 2. The molecule has 2 aliphatic heterocycles. The fourth-order valence-corrected chi connectivity index (χ4v) is 4.00. The van der Waals surface area contributed by atoms with E-state index in [1.165, 1.54) is 24.3 Å². The van der Waals surface area contributed by atoms with Crippen LogP contribution >= 0.6 is 23.4 Å². The van der Waals surface area contributed by atoms with Gasteiger partial charge in [0.25, 0.3) is 16.8 Å². The van der Waals surface area contributed by atoms with Gasteiger partial charge in [-0.1, -0.05) is 11.6 Å². The molecule has 0 spiro atoms. The maximum Gasteiger partial charge on any atom is 0.294 e. The zero-order chi connectivity index (χ0) is 22.8. The van der Waals surface area contributed by atoms with Gasteiger partial charge in [0.2, 0.25) is 5.91 Å². The van der Waals surface area contributed by atoms with Gasteiger partial charge in [-0.05, 0) is 36.0 Å². The van der Waals surface area contributed by atoms with Gasteiger partial charge in [0.1, 0.15) is 19.8 Å². The first-order valence-corrected chi connectivity index (χ1v) is 10.4. The fourth-order valence-electron chi connectivity index (χ4n) is 3.00. The van der Waals surface area contributed by atoms with Crippen LogP contribution in [0.25, 0.3) is 6.08 Å². The summed E-state index contributed by atoms with van der Waals surface area (Å²) in [6.07, 6.45) is 1.29. The molecule has 1 saturated heterocycles. The summed E-state index contributed by atoms with van der Waals surface area (Å²) in [5.74, 6) is -0.236. The van der Waals surface area contributed by atoms with Gasteiger partial charge in [-0.15, -0.1) is 0 Å². The van der Waals surface area contributed by atoms with Crippen molar-refractivity contribution >= 4 is 57.9 Å². The number of carbonyl (C=O) groups excluding carboxylic acids is 3. The molecule has 2 aromatic carbocycles. The van der Waals surface area contributed by atoms with Gasteiger partial charge in [-0.2, -0.15) is 0 Å². The smallest absolute Gasteiger partial charge is 0.294 e. The minimum atomic E-state index is -0.695. The number of anilines is 1. The predicted octanol–water partition coefficient (Wildman–Crippen LogP) is 3.69. The van der Waals surface area contributed by atoms with E-state index in [2.05, 4.69) is 5.32 Å². The predicted molar refractivity (Wildman–Crippen MR) is 117 cm³/mol. The Hall–Kier alpha value is -3.57. The highest BCUT2D eigenvalue weighted by molar-refractivity contribution is 8.18. The number of hydrogen-bond acceptors (Lipinski definition) is 8. The lowest BCUT2D eigenvalue weighted by molar-refractivity contribution is -0.384. The Bertz CT molecular complexity index is 1180. The zero-order valence-corrected chi connectivity index (χ0v) is 17.8. The fraction of sp³-hybridized carbons (Fsp3) is 0.150. The second kappa shape index (κ2) is 8.89. The summed E-state index contributed by atoms with van der Waals surface area (Å²) < 4.78 is 10.9. The van der Waals surface area contributed by atoms with Gasteiger partial charge >= 0.3 is 0 Å². The standard InChI is InChI=1S/C20H14ClN3O7S/c21-14-3-2-13(24(28)29)7-11(14)8-17-19(26)23(20(27)32-17)10-18(25)22-12-1-4-15-16(9-12)31-6-5-30-15/h1-4,7-9H,5-6,10H2,(H,22,25)/b17-8-. The second-order valence-corrected chi connectivity index (χ2v) is 8.04. The molecule has 0 aromatic heterocycles. The van der Waals surface area contributed by atoms with Crippen molar-refractivity contribution in [1.82, 2.24) is 4.90 Å². The highest BCUT2D eigenvalue weighted by atomic mass is 35.5. The lowest BCUT2D eigenvalue weighted by Gasteiger charge is -2.19. The monoisotopic (exact) mass is 475 g/mol. The number of nitro groups is 1. The Morgan fingerprint density at radius 3 is 2.69 bits per heavy atom. The second-order valence-electron chi connectivity index (χ2n) is 6.64. The largest absolute Gasteiger partial charge is 0.486 e. The number of carbonyl (C=O) groups is 3. The van der Waals surface area contributed by atoms with Gasteiger partial charge in [0.05, 0.1) is 9.83 Å². The van der Waals surface area contributed by atoms with Crippen molar-refractivity contribution in [2.45, 2.75) is 0 Å². The Labute approximate surface area is 190 Å². The molecule has 0 aliphatic carbocycles. The van der Waals surface area contributed by atoms with Crippen LogP contribution in [0.3, 0.4) is 0 Å². The van der Waals surface area contributed by atoms with E-state index in [1.54, 1.807) is 18.2 Å². The highest BCUT2D eigenvalue weighted by Gasteiger charge is 2.36. The third kappa shape index (κ3) is 4.53. The zero-order valence-electron chi connectivity index (χ0n) is 16.2. The minimum absolute atomic E-state index is 0.00419. The molecule has 0 unspecified atom stereocenters. The van der Waals surface area contributed by atoms with Crippen LogP contribution in [-0.2, 0) is 9.59 Å². The van der Waals surface area contributed by atoms with Crippen LogP contribution in [0.1, 0.15) is 5.56 Å². The molecule has 0 radical (unpaired) electrons. The third-order valence-electron chi connectivity index (χ3n) is 4.48. The van der Waals surface area contributed by atoms with Crippen molar-refractivity contribution in [3.05, 3.63) is 62.0 Å². The normalized spacial score (nSPS) is 16.4. The molecule has 2 aromatic rings. The van der Waals surface area contributed by atoms with E-state index in [-0.39, 0.29) is 21.2 Å². The van der Waals surface area contributed by atoms with Crippen molar-refractivity contribution in [1.29, 1.82) is 0 Å². The SMILES string of the molecule is O=C(CN1C(=O)S/C(=C\c2cc([N+](=O)[O-])ccc2Cl)C1=O)Nc1ccc2c(c1)OCCO2. The number of benzene rings is 2. The van der Waals surface area contributed by atoms with Crippen molar-refractivity contribution in [2.24, 2.45) is 0 Å². The molecule has 0 saturated carbocycles. The third-order valence-corrected chi connectivity index (χ3v) is 5.73. The van der Waals surface area contributed by atoms with Crippen LogP contribution in [0.15, 0.2) is 41.3 Å². The Balaban J connectivity index is 1.46. The Morgan fingerprint density at radius 1 is 1.19 bits per heavy atom. The number of nitro benzene ring substituents is 1. The Morgan fingerprint density at radius 2 is 1.94 bits per heavy atom. The minimum Gasteiger partial charge on any atom is -0.486 e. The van der Waals surface area contributed by atoms with Crippen LogP contribution in [0.4, 0.5) is 16.2 Å². The van der Waals surface area contributed by atoms with Crippen LogP contribution < -0.4 is 14.8 Å². The van der Waals surface area contributed by atoms with E-state index < -0.39 is 28.5 Å². The lowest BCUT2D eigenvalue weighted by Crippen LogP contribution is -2.36. The average Bonchev–Trinajstić information content (AvgIpc) is 3.02. The number of halogens is 1. The maximum atomic E-state index is 12.7. The molecule has 0 bridgehead atoms. The molecule has 164 valence electrons. The molecular formula is C20H14ClN3O7S. The van der Waals surface area contributed by atoms with Crippen molar-refractivity contribution in [3.8, 4) is 11.5 Å². The van der Waals surface area contributed by atoms with Crippen LogP contribution in [0.2, 0.25) is 5.02 Å². The molecule has 2 aliphatic rings. The highest BCUT2D eigenvalue weighted by Crippen LogP contribution is 2.35. The number of rotatable bonds is 5. The molecule has 2 heterocycles. The van der Waals surface area contributed by atoms with E-state index in [9.17, 15) is 24.5 Å². The molecule has 32 heavy (non-hydrogen) atoms. The summed E-state index contributed by atoms with van der Waals surface area (Å²) in [4.78, 5) is 48.5. The first-order chi connectivity index (χ1) is 15.3. The number of amides is 3. The molecule has 4 rings (SSSR count). The number of fused-ring (bicyclic) bond motifs is 1. The first kappa shape index (κ1) is 21.7. The summed E-state index contributed by atoms with van der Waals surface area (Å²) >= 11 is 6.68. The number of hydrogen-bond donors (Lipinski definition) is 1. The van der Waals surface area contributed by atoms with Gasteiger partial charge in [0.15, 0.2) is 11.5 Å². The van der Waals surface area contributed by atoms with E-state index in [0.29, 0.717) is 42.2 Å². The number of nitrogens with one attached hydrogen (secondary N) is 1. The van der Waals surface area contributed by atoms with Gasteiger partial charge in [-0.3, -0.25) is 29.4 Å². The van der Waals surface area contributed by atoms with Crippen molar-refractivity contribution in [3.63, 3.8) is 0 Å². The summed E-state index contributed by atoms with van der Waals surface area (Å²) in [6, 6.07) is 8.61. The molecule has 1 fully saturated rings. The van der Waals surface area contributed by atoms with Crippen molar-refractivity contribution in [2.75, 3.05) is 25.1 Å². The number of thioether (sulfide) groups is 1.